The molecule has 1 aromatic carbocycles. The molecule has 3 heteroatoms. The van der Waals surface area contributed by atoms with Gasteiger partial charge in [0.25, 0.3) is 0 Å². The van der Waals surface area contributed by atoms with Gasteiger partial charge < -0.3 is 9.47 Å². The number of nitrogens with zero attached hydrogens (tertiary/aromatic N) is 3. The molecule has 3 nitrogen and oxygen atoms in total. The zero-order valence-electron chi connectivity index (χ0n) is 16.0. The first-order chi connectivity index (χ1) is 12.6. The van der Waals surface area contributed by atoms with Gasteiger partial charge in [0, 0.05) is 49.0 Å². The summed E-state index contributed by atoms with van der Waals surface area (Å²) in [5.41, 5.74) is 10.2. The van der Waals surface area contributed by atoms with Crippen LogP contribution in [0.4, 0.5) is 0 Å². The summed E-state index contributed by atoms with van der Waals surface area (Å²) in [6.45, 7) is 7.75. The van der Waals surface area contributed by atoms with E-state index in [1.807, 2.05) is 6.20 Å². The molecule has 0 saturated heterocycles. The number of fused-ring (bicyclic) bond motifs is 3. The fourth-order valence-corrected chi connectivity index (χ4v) is 5.12. The van der Waals surface area contributed by atoms with Gasteiger partial charge in [-0.2, -0.15) is 0 Å². The minimum atomic E-state index is 0.587. The average Bonchev–Trinajstić information content (AvgIpc) is 2.78. The first-order valence-corrected chi connectivity index (χ1v) is 9.84. The van der Waals surface area contributed by atoms with Gasteiger partial charge in [-0.25, -0.2) is 0 Å². The summed E-state index contributed by atoms with van der Waals surface area (Å²) in [6.07, 6.45) is 5.50. The lowest BCUT2D eigenvalue weighted by atomic mass is 9.88. The van der Waals surface area contributed by atoms with Crippen LogP contribution in [-0.4, -0.2) is 28.0 Å². The standard InChI is InChI=1S/C23H27N3/c1-15-10-19-13-18(17-4-7-24-16(2)12-17)5-9-26-22-6-8-25(3)14-21(22)20(11-15)23(19)26/h4,7,10-12,18H,5-6,8-9,13-14H2,1-3H3. The molecule has 134 valence electrons. The highest BCUT2D eigenvalue weighted by Crippen LogP contribution is 2.39. The summed E-state index contributed by atoms with van der Waals surface area (Å²) in [7, 11) is 2.25. The van der Waals surface area contributed by atoms with E-state index in [9.17, 15) is 0 Å². The van der Waals surface area contributed by atoms with Gasteiger partial charge in [-0.15, -0.1) is 0 Å². The van der Waals surface area contributed by atoms with E-state index in [4.69, 9.17) is 0 Å². The third-order valence-corrected chi connectivity index (χ3v) is 6.32. The Morgan fingerprint density at radius 3 is 2.85 bits per heavy atom. The van der Waals surface area contributed by atoms with Crippen LogP contribution in [0.25, 0.3) is 10.9 Å². The van der Waals surface area contributed by atoms with Crippen LogP contribution in [0.2, 0.25) is 0 Å². The van der Waals surface area contributed by atoms with E-state index < -0.39 is 0 Å². The molecule has 26 heavy (non-hydrogen) atoms. The van der Waals surface area contributed by atoms with Gasteiger partial charge in [0.1, 0.15) is 0 Å². The molecular formula is C23H27N3. The maximum absolute atomic E-state index is 4.40. The number of pyridine rings is 1. The van der Waals surface area contributed by atoms with E-state index in [-0.39, 0.29) is 0 Å². The summed E-state index contributed by atoms with van der Waals surface area (Å²) in [6, 6.07) is 9.35. The third kappa shape index (κ3) is 2.49. The topological polar surface area (TPSA) is 21.1 Å². The zero-order chi connectivity index (χ0) is 17.8. The second-order valence-corrected chi connectivity index (χ2v) is 8.31. The smallest absolute Gasteiger partial charge is 0.0518 e. The molecule has 0 radical (unpaired) electrons. The number of aromatic nitrogens is 2. The Bertz CT molecular complexity index is 998. The maximum atomic E-state index is 4.40. The van der Waals surface area contributed by atoms with Crippen LogP contribution in [0, 0.1) is 13.8 Å². The third-order valence-electron chi connectivity index (χ3n) is 6.32. The Hall–Kier alpha value is -2.13. The number of hydrogen-bond acceptors (Lipinski definition) is 2. The predicted molar refractivity (Wildman–Crippen MR) is 107 cm³/mol. The highest BCUT2D eigenvalue weighted by Gasteiger charge is 2.27. The Labute approximate surface area is 155 Å². The van der Waals surface area contributed by atoms with Crippen LogP contribution in [0.3, 0.4) is 0 Å². The van der Waals surface area contributed by atoms with Crippen LogP contribution in [0.15, 0.2) is 30.5 Å². The van der Waals surface area contributed by atoms with Gasteiger partial charge >= 0.3 is 0 Å². The first-order valence-electron chi connectivity index (χ1n) is 9.84. The van der Waals surface area contributed by atoms with E-state index >= 15 is 0 Å². The molecular weight excluding hydrogens is 318 g/mol. The van der Waals surface area contributed by atoms with Crippen molar-refractivity contribution in [3.05, 3.63) is 64.1 Å². The van der Waals surface area contributed by atoms with Crippen LogP contribution in [-0.2, 0) is 25.9 Å². The monoisotopic (exact) mass is 345 g/mol. The Balaban J connectivity index is 1.67. The molecule has 0 fully saturated rings. The van der Waals surface area contributed by atoms with Crippen LogP contribution in [0.1, 0.15) is 46.0 Å². The lowest BCUT2D eigenvalue weighted by Gasteiger charge is -2.24. The Morgan fingerprint density at radius 1 is 1.12 bits per heavy atom. The molecule has 3 aromatic rings. The van der Waals surface area contributed by atoms with Gasteiger partial charge in [0.2, 0.25) is 0 Å². The van der Waals surface area contributed by atoms with Crippen molar-refractivity contribution in [1.82, 2.24) is 14.5 Å². The van der Waals surface area contributed by atoms with E-state index in [0.717, 1.165) is 25.2 Å². The molecule has 0 aliphatic carbocycles. The Kier molecular flexibility index (Phi) is 3.68. The van der Waals surface area contributed by atoms with Crippen molar-refractivity contribution < 1.29 is 0 Å². The molecule has 0 amide bonds. The number of likely N-dealkylation sites (N-methyl/N-ethyl adjacent to an activating group) is 1. The van der Waals surface area contributed by atoms with E-state index in [0.29, 0.717) is 5.92 Å². The summed E-state index contributed by atoms with van der Waals surface area (Å²) < 4.78 is 2.67. The van der Waals surface area contributed by atoms with Gasteiger partial charge in [-0.1, -0.05) is 11.6 Å². The highest BCUT2D eigenvalue weighted by atomic mass is 15.1. The summed E-state index contributed by atoms with van der Waals surface area (Å²) in [5, 5.41) is 1.51. The van der Waals surface area contributed by atoms with Crippen molar-refractivity contribution in [3.8, 4) is 0 Å². The van der Waals surface area contributed by atoms with Crippen molar-refractivity contribution in [1.29, 1.82) is 0 Å². The van der Waals surface area contributed by atoms with Gasteiger partial charge in [0.05, 0.1) is 5.52 Å². The lowest BCUT2D eigenvalue weighted by Crippen LogP contribution is -2.27. The summed E-state index contributed by atoms with van der Waals surface area (Å²) >= 11 is 0. The van der Waals surface area contributed by atoms with Gasteiger partial charge in [-0.05, 0) is 74.5 Å². The SMILES string of the molecule is Cc1cc2c3c(c1)c1c(n3CCC(c3ccnc(C)c3)C2)CCN(C)C1. The molecule has 2 aliphatic heterocycles. The molecule has 5 rings (SSSR count). The zero-order valence-corrected chi connectivity index (χ0v) is 16.0. The number of rotatable bonds is 1. The molecule has 1 unspecified atom stereocenters. The van der Waals surface area contributed by atoms with Crippen molar-refractivity contribution in [2.75, 3.05) is 13.6 Å². The predicted octanol–water partition coefficient (Wildman–Crippen LogP) is 4.37. The molecule has 2 aromatic heterocycles. The number of aryl methyl sites for hydroxylation is 3. The first kappa shape index (κ1) is 16.1. The van der Waals surface area contributed by atoms with Crippen molar-refractivity contribution >= 4 is 10.9 Å². The second kappa shape index (κ2) is 5.95. The molecule has 0 spiro atoms. The largest absolute Gasteiger partial charge is 0.344 e. The van der Waals surface area contributed by atoms with Crippen LogP contribution >= 0.6 is 0 Å². The molecule has 0 saturated carbocycles. The number of benzene rings is 1. The minimum absolute atomic E-state index is 0.587. The quantitative estimate of drug-likeness (QED) is 0.653. The maximum Gasteiger partial charge on any atom is 0.0518 e. The highest BCUT2D eigenvalue weighted by molar-refractivity contribution is 5.89. The summed E-state index contributed by atoms with van der Waals surface area (Å²) in [4.78, 5) is 6.86. The molecule has 0 bridgehead atoms. The van der Waals surface area contributed by atoms with Crippen molar-refractivity contribution in [2.24, 2.45) is 0 Å². The lowest BCUT2D eigenvalue weighted by molar-refractivity contribution is 0.309. The molecule has 1 atom stereocenters. The van der Waals surface area contributed by atoms with Crippen LogP contribution < -0.4 is 0 Å². The van der Waals surface area contributed by atoms with Crippen molar-refractivity contribution in [2.45, 2.75) is 52.1 Å². The van der Waals surface area contributed by atoms with E-state index in [1.54, 1.807) is 11.3 Å². The van der Waals surface area contributed by atoms with E-state index in [1.165, 1.54) is 47.0 Å². The minimum Gasteiger partial charge on any atom is -0.344 e. The second-order valence-electron chi connectivity index (χ2n) is 8.31. The van der Waals surface area contributed by atoms with Crippen LogP contribution in [0.5, 0.6) is 0 Å². The average molecular weight is 345 g/mol. The molecule has 0 N–H and O–H groups in total. The molecule has 4 heterocycles. The fourth-order valence-electron chi connectivity index (χ4n) is 5.12. The van der Waals surface area contributed by atoms with E-state index in [2.05, 4.69) is 59.6 Å². The molecule has 2 aliphatic rings. The Morgan fingerprint density at radius 2 is 2.00 bits per heavy atom. The summed E-state index contributed by atoms with van der Waals surface area (Å²) in [5.74, 6) is 0.587. The van der Waals surface area contributed by atoms with Crippen molar-refractivity contribution in [3.63, 3.8) is 0 Å². The van der Waals surface area contributed by atoms with Gasteiger partial charge in [0.15, 0.2) is 0 Å². The normalized spacial score (nSPS) is 20.2. The van der Waals surface area contributed by atoms with Gasteiger partial charge in [-0.3, -0.25) is 4.98 Å². The fraction of sp³-hybridized carbons (Fsp3) is 0.435. The number of hydrogen-bond donors (Lipinski definition) is 0.